The van der Waals surface area contributed by atoms with Gasteiger partial charge in [-0.15, -0.1) is 0 Å². The average Bonchev–Trinajstić information content (AvgIpc) is 3.34. The number of hydrogen-bond acceptors (Lipinski definition) is 5. The number of carbonyl (C=O) groups is 1. The van der Waals surface area contributed by atoms with E-state index < -0.39 is 5.76 Å². The van der Waals surface area contributed by atoms with Crippen LogP contribution in [-0.4, -0.2) is 20.9 Å². The van der Waals surface area contributed by atoms with Crippen LogP contribution < -0.4 is 5.76 Å². The second-order valence-electron chi connectivity index (χ2n) is 7.03. The molecule has 4 aromatic rings. The van der Waals surface area contributed by atoms with Crippen LogP contribution in [0.4, 0.5) is 0 Å². The highest BCUT2D eigenvalue weighted by atomic mass is 16.5. The number of H-pyrrole nitrogens is 1. The zero-order valence-corrected chi connectivity index (χ0v) is 15.1. The fourth-order valence-corrected chi connectivity index (χ4v) is 3.82. The van der Waals surface area contributed by atoms with Gasteiger partial charge in [0.15, 0.2) is 5.58 Å². The second kappa shape index (κ2) is 6.23. The third-order valence-electron chi connectivity index (χ3n) is 5.26. The van der Waals surface area contributed by atoms with Crippen molar-refractivity contribution in [3.63, 3.8) is 0 Å². The maximum Gasteiger partial charge on any atom is 0.417 e. The lowest BCUT2D eigenvalue weighted by atomic mass is 9.99. The summed E-state index contributed by atoms with van der Waals surface area (Å²) in [6.45, 7) is 2.35. The van der Waals surface area contributed by atoms with E-state index in [0.29, 0.717) is 29.6 Å². The Kier molecular flexibility index (Phi) is 3.68. The molecule has 7 heteroatoms. The summed E-state index contributed by atoms with van der Waals surface area (Å²) in [5, 5.41) is 4.10. The molecule has 1 aliphatic heterocycles. The van der Waals surface area contributed by atoms with Gasteiger partial charge in [0, 0.05) is 24.1 Å². The molecule has 5 rings (SSSR count). The van der Waals surface area contributed by atoms with Gasteiger partial charge < -0.3 is 13.8 Å². The molecule has 1 amide bonds. The number of aromatic amines is 1. The monoisotopic (exact) mass is 375 g/mol. The van der Waals surface area contributed by atoms with E-state index in [-0.39, 0.29) is 11.9 Å². The van der Waals surface area contributed by atoms with Gasteiger partial charge in [-0.1, -0.05) is 29.4 Å². The summed E-state index contributed by atoms with van der Waals surface area (Å²) in [4.78, 5) is 29.0. The third-order valence-corrected chi connectivity index (χ3v) is 5.26. The maximum absolute atomic E-state index is 13.1. The van der Waals surface area contributed by atoms with Gasteiger partial charge in [-0.3, -0.25) is 9.78 Å². The van der Waals surface area contributed by atoms with Crippen LogP contribution >= 0.6 is 0 Å². The van der Waals surface area contributed by atoms with Gasteiger partial charge in [0.2, 0.25) is 0 Å². The van der Waals surface area contributed by atoms with Gasteiger partial charge in [0.25, 0.3) is 5.91 Å². The first-order chi connectivity index (χ1) is 13.6. The number of aromatic nitrogens is 2. The van der Waals surface area contributed by atoms with Crippen LogP contribution in [0.2, 0.25) is 0 Å². The zero-order chi connectivity index (χ0) is 19.3. The normalized spacial score (nSPS) is 16.1. The lowest BCUT2D eigenvalue weighted by Crippen LogP contribution is -2.29. The van der Waals surface area contributed by atoms with E-state index >= 15 is 0 Å². The number of amides is 1. The summed E-state index contributed by atoms with van der Waals surface area (Å²) in [7, 11) is 0. The number of aryl methyl sites for hydroxylation is 1. The van der Waals surface area contributed by atoms with Crippen molar-refractivity contribution in [3.8, 4) is 0 Å². The van der Waals surface area contributed by atoms with Crippen molar-refractivity contribution in [3.05, 3.63) is 87.2 Å². The van der Waals surface area contributed by atoms with E-state index in [1.54, 1.807) is 18.4 Å². The van der Waals surface area contributed by atoms with Crippen LogP contribution in [0.5, 0.6) is 0 Å². The van der Waals surface area contributed by atoms with E-state index in [1.807, 2.05) is 42.2 Å². The van der Waals surface area contributed by atoms with Gasteiger partial charge in [0.05, 0.1) is 17.3 Å². The number of hydrogen-bond donors (Lipinski definition) is 1. The van der Waals surface area contributed by atoms with E-state index in [0.717, 1.165) is 22.4 Å². The summed E-state index contributed by atoms with van der Waals surface area (Å²) in [5.74, 6) is -0.506. The molecule has 0 saturated carbocycles. The second-order valence-corrected chi connectivity index (χ2v) is 7.03. The van der Waals surface area contributed by atoms with Gasteiger partial charge in [-0.2, -0.15) is 0 Å². The Balaban J connectivity index is 1.52. The van der Waals surface area contributed by atoms with Crippen LogP contribution in [0.1, 0.15) is 38.8 Å². The molecule has 1 aliphatic rings. The molecule has 28 heavy (non-hydrogen) atoms. The SMILES string of the molecule is Cc1conc1CC1c2ccccc2C(=O)N1Cc1ccc2[nH]c(=O)oc2c1. The number of nitrogens with zero attached hydrogens (tertiary/aromatic N) is 2. The summed E-state index contributed by atoms with van der Waals surface area (Å²) >= 11 is 0. The summed E-state index contributed by atoms with van der Waals surface area (Å²) in [5.41, 5.74) is 5.51. The molecule has 1 unspecified atom stereocenters. The molecule has 0 fully saturated rings. The molecule has 0 radical (unpaired) electrons. The van der Waals surface area contributed by atoms with E-state index in [4.69, 9.17) is 8.94 Å². The molecule has 3 heterocycles. The highest BCUT2D eigenvalue weighted by molar-refractivity contribution is 5.99. The largest absolute Gasteiger partial charge is 0.417 e. The van der Waals surface area contributed by atoms with Crippen molar-refractivity contribution >= 4 is 17.0 Å². The predicted molar refractivity (Wildman–Crippen MR) is 101 cm³/mol. The third kappa shape index (κ3) is 2.63. The minimum atomic E-state index is -0.490. The summed E-state index contributed by atoms with van der Waals surface area (Å²) < 4.78 is 10.2. The van der Waals surface area contributed by atoms with Crippen LogP contribution in [-0.2, 0) is 13.0 Å². The molecule has 0 bridgehead atoms. The first kappa shape index (κ1) is 16.6. The lowest BCUT2D eigenvalue weighted by Gasteiger charge is -2.25. The number of carbonyl (C=O) groups excluding carboxylic acids is 1. The number of fused-ring (bicyclic) bond motifs is 2. The predicted octanol–water partition coefficient (Wildman–Crippen LogP) is 3.36. The Morgan fingerprint density at radius 1 is 1.18 bits per heavy atom. The molecule has 140 valence electrons. The zero-order valence-electron chi connectivity index (χ0n) is 15.1. The minimum Gasteiger partial charge on any atom is -0.408 e. The van der Waals surface area contributed by atoms with Gasteiger partial charge >= 0.3 is 5.76 Å². The maximum atomic E-state index is 13.1. The van der Waals surface area contributed by atoms with E-state index in [2.05, 4.69) is 10.1 Å². The topological polar surface area (TPSA) is 92.3 Å². The van der Waals surface area contributed by atoms with Crippen molar-refractivity contribution in [1.82, 2.24) is 15.0 Å². The smallest absolute Gasteiger partial charge is 0.408 e. The molecule has 7 nitrogen and oxygen atoms in total. The van der Waals surface area contributed by atoms with Crippen molar-refractivity contribution in [2.24, 2.45) is 0 Å². The van der Waals surface area contributed by atoms with Gasteiger partial charge in [0.1, 0.15) is 6.26 Å². The Labute approximate surface area is 159 Å². The summed E-state index contributed by atoms with van der Waals surface area (Å²) in [6, 6.07) is 13.0. The highest BCUT2D eigenvalue weighted by Crippen LogP contribution is 2.37. The fourth-order valence-electron chi connectivity index (χ4n) is 3.82. The minimum absolute atomic E-state index is 0.0163. The molecule has 2 aromatic heterocycles. The van der Waals surface area contributed by atoms with Crippen LogP contribution in [0.25, 0.3) is 11.1 Å². The first-order valence-corrected chi connectivity index (χ1v) is 9.01. The fraction of sp³-hybridized carbons (Fsp3) is 0.190. The first-order valence-electron chi connectivity index (χ1n) is 9.01. The lowest BCUT2D eigenvalue weighted by molar-refractivity contribution is 0.0707. The quantitative estimate of drug-likeness (QED) is 0.590. The molecule has 0 saturated heterocycles. The van der Waals surface area contributed by atoms with Crippen LogP contribution in [0.3, 0.4) is 0 Å². The number of rotatable bonds is 4. The van der Waals surface area contributed by atoms with Crippen LogP contribution in [0.15, 0.2) is 62.5 Å². The Morgan fingerprint density at radius 2 is 2.04 bits per heavy atom. The van der Waals surface area contributed by atoms with Gasteiger partial charge in [-0.25, -0.2) is 4.79 Å². The van der Waals surface area contributed by atoms with Crippen molar-refractivity contribution in [2.75, 3.05) is 0 Å². The number of benzene rings is 2. The molecular weight excluding hydrogens is 358 g/mol. The van der Waals surface area contributed by atoms with Crippen molar-refractivity contribution < 1.29 is 13.7 Å². The molecule has 1 atom stereocenters. The highest BCUT2D eigenvalue weighted by Gasteiger charge is 2.37. The number of nitrogens with one attached hydrogen (secondary N) is 1. The van der Waals surface area contributed by atoms with E-state index in [9.17, 15) is 9.59 Å². The Morgan fingerprint density at radius 3 is 2.86 bits per heavy atom. The molecule has 2 aromatic carbocycles. The molecule has 0 aliphatic carbocycles. The molecular formula is C21H17N3O4. The van der Waals surface area contributed by atoms with Crippen molar-refractivity contribution in [1.29, 1.82) is 0 Å². The standard InChI is InChI=1S/C21H17N3O4/c1-12-11-27-23-17(12)9-18-14-4-2-3-5-15(14)20(25)24(18)10-13-6-7-16-19(8-13)28-21(26)22-16/h2-8,11,18H,9-10H2,1H3,(H,22,26). The van der Waals surface area contributed by atoms with E-state index in [1.165, 1.54) is 0 Å². The molecule has 1 N–H and O–H groups in total. The average molecular weight is 375 g/mol. The Bertz CT molecular complexity index is 1250. The number of oxazole rings is 1. The summed E-state index contributed by atoms with van der Waals surface area (Å²) in [6.07, 6.45) is 2.19. The van der Waals surface area contributed by atoms with Crippen LogP contribution in [0, 0.1) is 6.92 Å². The molecule has 0 spiro atoms. The van der Waals surface area contributed by atoms with Crippen molar-refractivity contribution in [2.45, 2.75) is 25.9 Å². The van der Waals surface area contributed by atoms with Gasteiger partial charge in [-0.05, 0) is 36.2 Å². The Hall–Kier alpha value is -3.61.